The van der Waals surface area contributed by atoms with Gasteiger partial charge in [-0.1, -0.05) is 22.0 Å². The lowest BCUT2D eigenvalue weighted by atomic mass is 10.1. The summed E-state index contributed by atoms with van der Waals surface area (Å²) in [7, 11) is 1.65. The summed E-state index contributed by atoms with van der Waals surface area (Å²) in [5.41, 5.74) is 6.77. The van der Waals surface area contributed by atoms with E-state index in [1.165, 1.54) is 0 Å². The quantitative estimate of drug-likeness (QED) is 0.893. The van der Waals surface area contributed by atoms with Gasteiger partial charge in [-0.2, -0.15) is 0 Å². The van der Waals surface area contributed by atoms with E-state index in [1.54, 1.807) is 7.11 Å². The Morgan fingerprint density at radius 3 is 2.54 bits per heavy atom. The fraction of sp³-hybridized carbons (Fsp3) is 0.333. The lowest BCUT2D eigenvalue weighted by Crippen LogP contribution is -2.06. The van der Waals surface area contributed by atoms with Gasteiger partial charge >= 0.3 is 0 Å². The molecule has 1 aromatic rings. The molecule has 0 aliphatic heterocycles. The van der Waals surface area contributed by atoms with E-state index in [9.17, 15) is 0 Å². The van der Waals surface area contributed by atoms with Gasteiger partial charge in [-0.25, -0.2) is 0 Å². The highest BCUT2D eigenvalue weighted by atomic mass is 79.9. The molecule has 13 heavy (non-hydrogen) atoms. The fourth-order valence-electron chi connectivity index (χ4n) is 1.06. The topological polar surface area (TPSA) is 35.2 Å². The molecule has 0 aromatic heterocycles. The van der Waals surface area contributed by atoms with Crippen molar-refractivity contribution in [3.8, 4) is 5.75 Å². The van der Waals surface area contributed by atoms with Crippen molar-refractivity contribution in [3.63, 3.8) is 0 Å². The first-order valence-corrected chi connectivity index (χ1v) is 4.53. The van der Waals surface area contributed by atoms with Crippen LogP contribution in [0.15, 0.2) is 22.7 Å². The van der Waals surface area contributed by atoms with E-state index in [4.69, 9.17) is 10.5 Å². The summed E-state index contributed by atoms with van der Waals surface area (Å²) in [6.45, 7) is 1.94. The molecule has 2 N–H and O–H groups in total. The van der Waals surface area contributed by atoms with E-state index in [0.29, 0.717) is 0 Å². The summed E-state index contributed by atoms with van der Waals surface area (Å²) in [4.78, 5) is 0. The van der Waals surface area contributed by atoms with Crippen molar-refractivity contribution in [2.45, 2.75) is 13.0 Å². The summed E-state index contributed by atoms with van der Waals surface area (Å²) < 4.78 is 6.18. The second kappa shape index (κ2) is 5.47. The van der Waals surface area contributed by atoms with Crippen molar-refractivity contribution in [2.75, 3.05) is 7.11 Å². The number of benzene rings is 1. The number of hydrogen-bond acceptors (Lipinski definition) is 2. The Bertz CT molecular complexity index is 278. The third-order valence-electron chi connectivity index (χ3n) is 1.69. The smallest absolute Gasteiger partial charge is 0.124 e. The molecule has 0 unspecified atom stereocenters. The fourth-order valence-corrected chi connectivity index (χ4v) is 1.40. The Labute approximate surface area is 93.0 Å². The van der Waals surface area contributed by atoms with Crippen LogP contribution in [-0.4, -0.2) is 7.11 Å². The second-order valence-electron chi connectivity index (χ2n) is 2.67. The highest BCUT2D eigenvalue weighted by Crippen LogP contribution is 2.26. The predicted octanol–water partition coefficient (Wildman–Crippen LogP) is 2.90. The summed E-state index contributed by atoms with van der Waals surface area (Å²) in [5.74, 6) is 0.833. The van der Waals surface area contributed by atoms with Crippen LogP contribution in [0.4, 0.5) is 0 Å². The maximum atomic E-state index is 5.74. The zero-order valence-electron chi connectivity index (χ0n) is 7.58. The number of ether oxygens (including phenoxy) is 1. The molecular formula is C9H13BrClNO. The summed E-state index contributed by atoms with van der Waals surface area (Å²) in [5, 5.41) is 0. The number of rotatable bonds is 2. The Morgan fingerprint density at radius 1 is 1.46 bits per heavy atom. The number of nitrogens with two attached hydrogens (primary N) is 1. The minimum absolute atomic E-state index is 0. The number of hydrogen-bond donors (Lipinski definition) is 1. The van der Waals surface area contributed by atoms with Gasteiger partial charge in [0.2, 0.25) is 0 Å². The third kappa shape index (κ3) is 3.18. The standard InChI is InChI=1S/C9H12BrNO.ClH/c1-6(11)8-4-3-7(10)5-9(8)12-2;/h3-6H,11H2,1-2H3;1H/t6-;/m0./s1. The Kier molecular flexibility index (Phi) is 5.37. The number of methoxy groups -OCH3 is 1. The van der Waals surface area contributed by atoms with Gasteiger partial charge in [0, 0.05) is 16.1 Å². The molecule has 0 amide bonds. The molecule has 0 radical (unpaired) electrons. The van der Waals surface area contributed by atoms with Gasteiger partial charge in [-0.15, -0.1) is 12.4 Å². The average molecular weight is 267 g/mol. The van der Waals surface area contributed by atoms with Crippen LogP contribution < -0.4 is 10.5 Å². The summed E-state index contributed by atoms with van der Waals surface area (Å²) >= 11 is 3.37. The molecule has 74 valence electrons. The van der Waals surface area contributed by atoms with Crippen LogP contribution in [0.1, 0.15) is 18.5 Å². The molecule has 2 nitrogen and oxygen atoms in total. The largest absolute Gasteiger partial charge is 0.496 e. The van der Waals surface area contributed by atoms with E-state index >= 15 is 0 Å². The molecule has 1 aromatic carbocycles. The van der Waals surface area contributed by atoms with Gasteiger partial charge < -0.3 is 10.5 Å². The first kappa shape index (κ1) is 12.8. The molecule has 0 fully saturated rings. The Balaban J connectivity index is 0.00000144. The maximum Gasteiger partial charge on any atom is 0.124 e. The molecule has 0 aliphatic carbocycles. The van der Waals surface area contributed by atoms with E-state index < -0.39 is 0 Å². The highest BCUT2D eigenvalue weighted by Gasteiger charge is 2.06. The van der Waals surface area contributed by atoms with Crippen LogP contribution in [0.3, 0.4) is 0 Å². The van der Waals surface area contributed by atoms with E-state index in [-0.39, 0.29) is 18.4 Å². The van der Waals surface area contributed by atoms with Crippen LogP contribution in [0.25, 0.3) is 0 Å². The van der Waals surface area contributed by atoms with Crippen molar-refractivity contribution in [2.24, 2.45) is 5.73 Å². The van der Waals surface area contributed by atoms with Crippen molar-refractivity contribution < 1.29 is 4.74 Å². The van der Waals surface area contributed by atoms with Crippen molar-refractivity contribution in [3.05, 3.63) is 28.2 Å². The van der Waals surface area contributed by atoms with Crippen LogP contribution in [0.5, 0.6) is 5.75 Å². The molecule has 0 bridgehead atoms. The zero-order chi connectivity index (χ0) is 9.14. The van der Waals surface area contributed by atoms with E-state index in [1.807, 2.05) is 25.1 Å². The normalized spacial score (nSPS) is 11.7. The van der Waals surface area contributed by atoms with Gasteiger partial charge in [0.05, 0.1) is 7.11 Å². The van der Waals surface area contributed by atoms with E-state index in [2.05, 4.69) is 15.9 Å². The molecule has 0 saturated carbocycles. The Hall–Kier alpha value is -0.250. The lowest BCUT2D eigenvalue weighted by molar-refractivity contribution is 0.406. The highest BCUT2D eigenvalue weighted by molar-refractivity contribution is 9.10. The minimum atomic E-state index is 0. The SMILES string of the molecule is COc1cc(Br)ccc1[C@H](C)N.Cl. The maximum absolute atomic E-state index is 5.74. The molecular weight excluding hydrogens is 253 g/mol. The van der Waals surface area contributed by atoms with Gasteiger partial charge in [-0.05, 0) is 19.1 Å². The second-order valence-corrected chi connectivity index (χ2v) is 3.59. The summed E-state index contributed by atoms with van der Waals surface area (Å²) in [6, 6.07) is 5.85. The van der Waals surface area contributed by atoms with Crippen LogP contribution >= 0.6 is 28.3 Å². The van der Waals surface area contributed by atoms with Crippen LogP contribution in [0.2, 0.25) is 0 Å². The molecule has 0 saturated heterocycles. The lowest BCUT2D eigenvalue weighted by Gasteiger charge is -2.11. The zero-order valence-corrected chi connectivity index (χ0v) is 9.98. The first-order valence-electron chi connectivity index (χ1n) is 3.74. The molecule has 4 heteroatoms. The van der Waals surface area contributed by atoms with E-state index in [0.717, 1.165) is 15.8 Å². The van der Waals surface area contributed by atoms with Crippen molar-refractivity contribution in [1.82, 2.24) is 0 Å². The molecule has 1 rings (SSSR count). The molecule has 0 heterocycles. The molecule has 0 aliphatic rings. The monoisotopic (exact) mass is 265 g/mol. The Morgan fingerprint density at radius 2 is 2.08 bits per heavy atom. The molecule has 0 spiro atoms. The van der Waals surface area contributed by atoms with Gasteiger partial charge in [0.15, 0.2) is 0 Å². The van der Waals surface area contributed by atoms with Crippen LogP contribution in [-0.2, 0) is 0 Å². The van der Waals surface area contributed by atoms with Crippen molar-refractivity contribution in [1.29, 1.82) is 0 Å². The van der Waals surface area contributed by atoms with Crippen LogP contribution in [0, 0.1) is 0 Å². The van der Waals surface area contributed by atoms with Gasteiger partial charge in [0.1, 0.15) is 5.75 Å². The predicted molar refractivity (Wildman–Crippen MR) is 60.5 cm³/mol. The minimum Gasteiger partial charge on any atom is -0.496 e. The third-order valence-corrected chi connectivity index (χ3v) is 2.18. The number of halogens is 2. The average Bonchev–Trinajstić information content (AvgIpc) is 2.03. The molecule has 1 atom stereocenters. The van der Waals surface area contributed by atoms with Crippen molar-refractivity contribution >= 4 is 28.3 Å². The van der Waals surface area contributed by atoms with Gasteiger partial charge in [0.25, 0.3) is 0 Å². The summed E-state index contributed by atoms with van der Waals surface area (Å²) in [6.07, 6.45) is 0. The first-order chi connectivity index (χ1) is 5.65. The van der Waals surface area contributed by atoms with Gasteiger partial charge in [-0.3, -0.25) is 0 Å².